The zero-order valence-electron chi connectivity index (χ0n) is 13.3. The molecule has 6 heteroatoms. The lowest BCUT2D eigenvalue weighted by Gasteiger charge is -2.07. The Morgan fingerprint density at radius 3 is 2.54 bits per heavy atom. The number of benzene rings is 2. The number of thiocyanates is 1. The highest BCUT2D eigenvalue weighted by Crippen LogP contribution is 2.25. The maximum atomic E-state index is 12.0. The Labute approximate surface area is 144 Å². The Kier molecular flexibility index (Phi) is 6.29. The van der Waals surface area contributed by atoms with Crippen molar-refractivity contribution in [2.75, 3.05) is 19.5 Å². The van der Waals surface area contributed by atoms with Crippen LogP contribution in [-0.2, 0) is 4.79 Å². The van der Waals surface area contributed by atoms with E-state index in [-0.39, 0.29) is 5.91 Å². The smallest absolute Gasteiger partial charge is 0.248 e. The summed E-state index contributed by atoms with van der Waals surface area (Å²) < 4.78 is 10.4. The highest BCUT2D eigenvalue weighted by molar-refractivity contribution is 8.03. The molecule has 0 aliphatic heterocycles. The van der Waals surface area contributed by atoms with Crippen LogP contribution in [0.3, 0.4) is 0 Å². The summed E-state index contributed by atoms with van der Waals surface area (Å²) in [5.74, 6) is 1.07. The van der Waals surface area contributed by atoms with Gasteiger partial charge in [0.25, 0.3) is 0 Å². The average molecular weight is 340 g/mol. The fourth-order valence-corrected chi connectivity index (χ4v) is 2.36. The van der Waals surface area contributed by atoms with Gasteiger partial charge in [0, 0.05) is 22.2 Å². The zero-order chi connectivity index (χ0) is 17.4. The van der Waals surface area contributed by atoms with Crippen molar-refractivity contribution in [1.82, 2.24) is 0 Å². The number of nitrogens with one attached hydrogen (secondary N) is 1. The molecule has 1 N–H and O–H groups in total. The summed E-state index contributed by atoms with van der Waals surface area (Å²) >= 11 is 1.07. The second-order valence-corrected chi connectivity index (χ2v) is 5.51. The number of carbonyl (C=O) groups excluding carboxylic acids is 1. The third-order valence-corrected chi connectivity index (χ3v) is 3.74. The van der Waals surface area contributed by atoms with E-state index >= 15 is 0 Å². The number of thioether (sulfide) groups is 1. The van der Waals surface area contributed by atoms with Gasteiger partial charge >= 0.3 is 0 Å². The third kappa shape index (κ3) is 4.80. The molecule has 0 aromatic heterocycles. The van der Waals surface area contributed by atoms with Crippen LogP contribution in [0.15, 0.2) is 53.4 Å². The molecule has 0 aliphatic carbocycles. The van der Waals surface area contributed by atoms with E-state index in [0.717, 1.165) is 22.2 Å². The predicted molar refractivity (Wildman–Crippen MR) is 95.1 cm³/mol. The van der Waals surface area contributed by atoms with Gasteiger partial charge < -0.3 is 14.8 Å². The Balaban J connectivity index is 2.06. The Hall–Kier alpha value is -2.91. The highest BCUT2D eigenvalue weighted by atomic mass is 32.2. The fraction of sp³-hybridized carbons (Fsp3) is 0.111. The number of anilines is 1. The maximum Gasteiger partial charge on any atom is 0.248 e. The Morgan fingerprint density at radius 1 is 1.17 bits per heavy atom. The number of nitrogens with zero attached hydrogens (tertiary/aromatic N) is 1. The molecule has 2 aromatic carbocycles. The number of amides is 1. The average Bonchev–Trinajstić information content (AvgIpc) is 2.61. The number of hydrogen-bond donors (Lipinski definition) is 1. The van der Waals surface area contributed by atoms with E-state index in [9.17, 15) is 4.79 Å². The summed E-state index contributed by atoms with van der Waals surface area (Å²) in [6.45, 7) is 0. The van der Waals surface area contributed by atoms with Gasteiger partial charge in [-0.2, -0.15) is 5.26 Å². The molecule has 0 bridgehead atoms. The molecule has 24 heavy (non-hydrogen) atoms. The second-order valence-electron chi connectivity index (χ2n) is 4.65. The summed E-state index contributed by atoms with van der Waals surface area (Å²) in [6, 6.07) is 12.4. The predicted octanol–water partition coefficient (Wildman–Crippen LogP) is 3.93. The molecule has 1 amide bonds. The van der Waals surface area contributed by atoms with Crippen LogP contribution in [0.1, 0.15) is 5.56 Å². The molecule has 0 saturated carbocycles. The van der Waals surface area contributed by atoms with Gasteiger partial charge in [-0.15, -0.1) is 0 Å². The molecule has 0 unspecified atom stereocenters. The van der Waals surface area contributed by atoms with Gasteiger partial charge in [-0.3, -0.25) is 4.79 Å². The lowest BCUT2D eigenvalue weighted by Crippen LogP contribution is -2.07. The third-order valence-electron chi connectivity index (χ3n) is 3.14. The summed E-state index contributed by atoms with van der Waals surface area (Å²) in [4.78, 5) is 12.8. The standard InChI is InChI=1S/C18H16N2O3S/c1-22-15-6-9-17(23-2)13(11-15)3-10-18(21)20-14-4-7-16(8-5-14)24-12-19/h3-11H,1-2H3,(H,20,21)/b10-3+. The Bertz CT molecular complexity index is 780. The van der Waals surface area contributed by atoms with Crippen LogP contribution in [0, 0.1) is 10.7 Å². The van der Waals surface area contributed by atoms with Crippen LogP contribution in [-0.4, -0.2) is 20.1 Å². The first-order valence-corrected chi connectivity index (χ1v) is 7.85. The van der Waals surface area contributed by atoms with Crippen LogP contribution in [0.25, 0.3) is 6.08 Å². The minimum Gasteiger partial charge on any atom is -0.497 e. The molecular formula is C18H16N2O3S. The molecule has 2 rings (SSSR count). The zero-order valence-corrected chi connectivity index (χ0v) is 14.1. The lowest BCUT2D eigenvalue weighted by molar-refractivity contribution is -0.111. The molecule has 0 atom stereocenters. The van der Waals surface area contributed by atoms with Gasteiger partial charge in [-0.1, -0.05) is 0 Å². The minimum absolute atomic E-state index is 0.263. The van der Waals surface area contributed by atoms with Crippen molar-refractivity contribution >= 4 is 29.4 Å². The molecule has 0 spiro atoms. The quantitative estimate of drug-likeness (QED) is 0.490. The lowest BCUT2D eigenvalue weighted by atomic mass is 10.1. The van der Waals surface area contributed by atoms with Crippen LogP contribution >= 0.6 is 11.8 Å². The summed E-state index contributed by atoms with van der Waals surface area (Å²) in [6.07, 6.45) is 3.09. The molecule has 0 radical (unpaired) electrons. The number of hydrogen-bond acceptors (Lipinski definition) is 5. The van der Waals surface area contributed by atoms with Crippen molar-refractivity contribution in [3.8, 4) is 16.9 Å². The van der Waals surface area contributed by atoms with E-state index in [1.807, 2.05) is 5.40 Å². The fourth-order valence-electron chi connectivity index (χ4n) is 1.98. The number of ether oxygens (including phenoxy) is 2. The number of rotatable bonds is 6. The summed E-state index contributed by atoms with van der Waals surface area (Å²) in [5.41, 5.74) is 1.40. The monoisotopic (exact) mass is 340 g/mol. The van der Waals surface area contributed by atoms with E-state index in [2.05, 4.69) is 5.32 Å². The van der Waals surface area contributed by atoms with Crippen LogP contribution < -0.4 is 14.8 Å². The minimum atomic E-state index is -0.263. The van der Waals surface area contributed by atoms with Crippen molar-refractivity contribution in [2.24, 2.45) is 0 Å². The van der Waals surface area contributed by atoms with Gasteiger partial charge in [0.1, 0.15) is 16.9 Å². The van der Waals surface area contributed by atoms with Gasteiger partial charge in [-0.05, 0) is 60.3 Å². The van der Waals surface area contributed by atoms with Crippen molar-refractivity contribution in [3.05, 3.63) is 54.1 Å². The first kappa shape index (κ1) is 17.4. The van der Waals surface area contributed by atoms with E-state index in [0.29, 0.717) is 17.2 Å². The van der Waals surface area contributed by atoms with E-state index in [4.69, 9.17) is 14.7 Å². The van der Waals surface area contributed by atoms with Crippen molar-refractivity contribution in [1.29, 1.82) is 5.26 Å². The van der Waals surface area contributed by atoms with Crippen LogP contribution in [0.2, 0.25) is 0 Å². The van der Waals surface area contributed by atoms with E-state index in [1.54, 1.807) is 62.8 Å². The molecule has 0 heterocycles. The topological polar surface area (TPSA) is 71.3 Å². The second kappa shape index (κ2) is 8.65. The maximum absolute atomic E-state index is 12.0. The van der Waals surface area contributed by atoms with E-state index in [1.165, 1.54) is 6.08 Å². The SMILES string of the molecule is COc1ccc(OC)c(/C=C/C(=O)Nc2ccc(SC#N)cc2)c1. The highest BCUT2D eigenvalue weighted by Gasteiger charge is 2.03. The number of methoxy groups -OCH3 is 2. The van der Waals surface area contributed by atoms with Crippen molar-refractivity contribution < 1.29 is 14.3 Å². The molecule has 0 saturated heterocycles. The van der Waals surface area contributed by atoms with Crippen molar-refractivity contribution in [2.45, 2.75) is 4.90 Å². The normalized spacial score (nSPS) is 10.2. The van der Waals surface area contributed by atoms with Crippen LogP contribution in [0.5, 0.6) is 11.5 Å². The molecule has 5 nitrogen and oxygen atoms in total. The number of carbonyl (C=O) groups is 1. The molecule has 0 fully saturated rings. The molecule has 0 aliphatic rings. The largest absolute Gasteiger partial charge is 0.497 e. The number of nitriles is 1. The van der Waals surface area contributed by atoms with Crippen molar-refractivity contribution in [3.63, 3.8) is 0 Å². The first-order chi connectivity index (χ1) is 11.7. The first-order valence-electron chi connectivity index (χ1n) is 7.03. The van der Waals surface area contributed by atoms with Gasteiger partial charge in [0.2, 0.25) is 5.91 Å². The van der Waals surface area contributed by atoms with Gasteiger partial charge in [0.15, 0.2) is 0 Å². The molecular weight excluding hydrogens is 324 g/mol. The van der Waals surface area contributed by atoms with Gasteiger partial charge in [-0.25, -0.2) is 0 Å². The summed E-state index contributed by atoms with van der Waals surface area (Å²) in [5, 5.41) is 13.4. The van der Waals surface area contributed by atoms with Gasteiger partial charge in [0.05, 0.1) is 14.2 Å². The summed E-state index contributed by atoms with van der Waals surface area (Å²) in [7, 11) is 3.15. The van der Waals surface area contributed by atoms with E-state index < -0.39 is 0 Å². The van der Waals surface area contributed by atoms with Crippen LogP contribution in [0.4, 0.5) is 5.69 Å². The Morgan fingerprint density at radius 2 is 1.92 bits per heavy atom. The molecule has 2 aromatic rings. The molecule has 122 valence electrons.